The fourth-order valence-corrected chi connectivity index (χ4v) is 3.62. The number of carbonyl (C=O) groups is 1. The standard InChI is InChI=1S/C19H13ClF3NO3/c20-16-12(19(21,22)23)8-13-11(6-7-26-13)15(16)18(24)9-14(18)27-17(25)10-4-2-1-3-5-10/h1-8,14H,9,24H2. The summed E-state index contributed by atoms with van der Waals surface area (Å²) >= 11 is 6.09. The molecule has 2 unspecified atom stereocenters. The van der Waals surface area contributed by atoms with Crippen molar-refractivity contribution in [1.29, 1.82) is 0 Å². The molecular weight excluding hydrogens is 383 g/mol. The fourth-order valence-electron chi connectivity index (χ4n) is 3.18. The highest BCUT2D eigenvalue weighted by molar-refractivity contribution is 6.33. The van der Waals surface area contributed by atoms with Crippen molar-refractivity contribution in [2.45, 2.75) is 24.2 Å². The number of hydrogen-bond donors (Lipinski definition) is 1. The third-order valence-electron chi connectivity index (χ3n) is 4.66. The van der Waals surface area contributed by atoms with Gasteiger partial charge in [-0.1, -0.05) is 29.8 Å². The number of alkyl halides is 3. The van der Waals surface area contributed by atoms with Gasteiger partial charge in [0, 0.05) is 17.4 Å². The summed E-state index contributed by atoms with van der Waals surface area (Å²) in [6.45, 7) is 0. The molecule has 2 N–H and O–H groups in total. The zero-order chi connectivity index (χ0) is 19.4. The fraction of sp³-hybridized carbons (Fsp3) is 0.211. The van der Waals surface area contributed by atoms with Gasteiger partial charge in [-0.15, -0.1) is 0 Å². The molecule has 3 aromatic rings. The van der Waals surface area contributed by atoms with E-state index in [-0.39, 0.29) is 17.6 Å². The van der Waals surface area contributed by atoms with E-state index in [0.29, 0.717) is 10.9 Å². The highest BCUT2D eigenvalue weighted by atomic mass is 35.5. The molecule has 4 nitrogen and oxygen atoms in total. The van der Waals surface area contributed by atoms with Crippen LogP contribution in [0.15, 0.2) is 53.1 Å². The average molecular weight is 396 g/mol. The summed E-state index contributed by atoms with van der Waals surface area (Å²) in [5.41, 5.74) is 4.38. The SMILES string of the molecule is NC1(c2c(Cl)c(C(F)(F)F)cc3occc23)CC1OC(=O)c1ccccc1. The first kappa shape index (κ1) is 17.9. The number of furan rings is 1. The summed E-state index contributed by atoms with van der Waals surface area (Å²) in [4.78, 5) is 12.2. The lowest BCUT2D eigenvalue weighted by molar-refractivity contribution is -0.137. The van der Waals surface area contributed by atoms with Gasteiger partial charge in [0.15, 0.2) is 0 Å². The smallest absolute Gasteiger partial charge is 0.417 e. The molecule has 1 aliphatic rings. The summed E-state index contributed by atoms with van der Waals surface area (Å²) in [5, 5.41) is -0.133. The Hall–Kier alpha value is -2.51. The maximum atomic E-state index is 13.3. The van der Waals surface area contributed by atoms with Crippen LogP contribution < -0.4 is 5.73 Å². The maximum Gasteiger partial charge on any atom is 0.417 e. The van der Waals surface area contributed by atoms with Gasteiger partial charge in [0.05, 0.1) is 28.0 Å². The van der Waals surface area contributed by atoms with Crippen LogP contribution >= 0.6 is 11.6 Å². The van der Waals surface area contributed by atoms with Crippen LogP contribution in [0.4, 0.5) is 13.2 Å². The van der Waals surface area contributed by atoms with Crippen LogP contribution in [0.3, 0.4) is 0 Å². The number of rotatable bonds is 3. The summed E-state index contributed by atoms with van der Waals surface area (Å²) in [5.74, 6) is -0.598. The lowest BCUT2D eigenvalue weighted by Crippen LogP contribution is -2.28. The minimum atomic E-state index is -4.67. The van der Waals surface area contributed by atoms with E-state index in [4.69, 9.17) is 26.5 Å². The van der Waals surface area contributed by atoms with E-state index in [1.807, 2.05) is 0 Å². The second-order valence-corrected chi connectivity index (χ2v) is 6.83. The largest absolute Gasteiger partial charge is 0.464 e. The number of esters is 1. The molecule has 2 aromatic carbocycles. The first-order chi connectivity index (χ1) is 12.7. The topological polar surface area (TPSA) is 65.5 Å². The van der Waals surface area contributed by atoms with Crippen molar-refractivity contribution in [3.63, 3.8) is 0 Å². The van der Waals surface area contributed by atoms with Crippen molar-refractivity contribution in [2.75, 3.05) is 0 Å². The highest BCUT2D eigenvalue weighted by Crippen LogP contribution is 2.53. The Kier molecular flexibility index (Phi) is 3.98. The lowest BCUT2D eigenvalue weighted by Gasteiger charge is -2.19. The zero-order valence-corrected chi connectivity index (χ0v) is 14.5. The molecule has 0 spiro atoms. The van der Waals surface area contributed by atoms with Crippen LogP contribution in [0.1, 0.15) is 27.9 Å². The molecule has 1 aliphatic carbocycles. The van der Waals surface area contributed by atoms with Gasteiger partial charge in [-0.25, -0.2) is 4.79 Å². The van der Waals surface area contributed by atoms with Gasteiger partial charge in [-0.3, -0.25) is 0 Å². The van der Waals surface area contributed by atoms with E-state index in [2.05, 4.69) is 0 Å². The molecule has 0 bridgehead atoms. The molecule has 1 heterocycles. The molecular formula is C19H13ClF3NO3. The number of benzene rings is 2. The molecule has 4 rings (SSSR count). The first-order valence-electron chi connectivity index (χ1n) is 8.04. The van der Waals surface area contributed by atoms with Crippen LogP contribution in [-0.2, 0) is 16.5 Å². The third kappa shape index (κ3) is 2.96. The average Bonchev–Trinajstić information content (AvgIpc) is 3.03. The monoisotopic (exact) mass is 395 g/mol. The second kappa shape index (κ2) is 6.00. The van der Waals surface area contributed by atoms with Gasteiger partial charge in [-0.2, -0.15) is 13.2 Å². The van der Waals surface area contributed by atoms with Crippen molar-refractivity contribution >= 4 is 28.5 Å². The van der Waals surface area contributed by atoms with E-state index in [0.717, 1.165) is 6.07 Å². The number of ether oxygens (including phenoxy) is 1. The van der Waals surface area contributed by atoms with Crippen molar-refractivity contribution in [2.24, 2.45) is 5.73 Å². The molecule has 0 radical (unpaired) electrons. The van der Waals surface area contributed by atoms with Gasteiger partial charge in [-0.05, 0) is 24.3 Å². The molecule has 1 saturated carbocycles. The van der Waals surface area contributed by atoms with Crippen LogP contribution in [0, 0.1) is 0 Å². The first-order valence-corrected chi connectivity index (χ1v) is 8.42. The number of carbonyl (C=O) groups excluding carboxylic acids is 1. The molecule has 140 valence electrons. The summed E-state index contributed by atoms with van der Waals surface area (Å²) < 4.78 is 50.6. The van der Waals surface area contributed by atoms with Gasteiger partial charge in [0.25, 0.3) is 0 Å². The Balaban J connectivity index is 1.72. The number of halogens is 4. The quantitative estimate of drug-likeness (QED) is 0.641. The predicted molar refractivity (Wildman–Crippen MR) is 92.4 cm³/mol. The van der Waals surface area contributed by atoms with Crippen LogP contribution in [0.25, 0.3) is 11.0 Å². The van der Waals surface area contributed by atoms with E-state index in [9.17, 15) is 18.0 Å². The van der Waals surface area contributed by atoms with Crippen LogP contribution in [0.5, 0.6) is 0 Å². The van der Waals surface area contributed by atoms with Gasteiger partial charge in [0.2, 0.25) is 0 Å². The van der Waals surface area contributed by atoms with Gasteiger partial charge >= 0.3 is 12.1 Å². The van der Waals surface area contributed by atoms with Crippen molar-refractivity contribution in [3.05, 3.63) is 70.4 Å². The van der Waals surface area contributed by atoms with Crippen molar-refractivity contribution in [3.8, 4) is 0 Å². The van der Waals surface area contributed by atoms with Crippen molar-refractivity contribution in [1.82, 2.24) is 0 Å². The third-order valence-corrected chi connectivity index (χ3v) is 5.06. The van der Waals surface area contributed by atoms with Crippen molar-refractivity contribution < 1.29 is 27.1 Å². The molecule has 1 aromatic heterocycles. The highest BCUT2D eigenvalue weighted by Gasteiger charge is 2.58. The Labute approximate surface area is 156 Å². The molecule has 0 aliphatic heterocycles. The Morgan fingerprint density at radius 2 is 1.96 bits per heavy atom. The molecule has 2 atom stereocenters. The van der Waals surface area contributed by atoms with Crippen LogP contribution in [0.2, 0.25) is 5.02 Å². The number of hydrogen-bond acceptors (Lipinski definition) is 4. The minimum Gasteiger partial charge on any atom is -0.464 e. The summed E-state index contributed by atoms with van der Waals surface area (Å²) in [7, 11) is 0. The molecule has 8 heteroatoms. The molecule has 1 fully saturated rings. The summed E-state index contributed by atoms with van der Waals surface area (Å²) in [6, 6.07) is 10.6. The molecule has 27 heavy (non-hydrogen) atoms. The Morgan fingerprint density at radius 1 is 1.26 bits per heavy atom. The second-order valence-electron chi connectivity index (χ2n) is 6.45. The zero-order valence-electron chi connectivity index (χ0n) is 13.7. The molecule has 0 amide bonds. The Bertz CT molecular complexity index is 1030. The lowest BCUT2D eigenvalue weighted by atomic mass is 9.97. The predicted octanol–water partition coefficient (Wildman–Crippen LogP) is 4.89. The molecule has 0 saturated heterocycles. The van der Waals surface area contributed by atoms with Crippen LogP contribution in [-0.4, -0.2) is 12.1 Å². The summed E-state index contributed by atoms with van der Waals surface area (Å²) in [6.07, 6.45) is -4.04. The van der Waals surface area contributed by atoms with E-state index < -0.39 is 34.4 Å². The Morgan fingerprint density at radius 3 is 2.63 bits per heavy atom. The minimum absolute atomic E-state index is 0.0200. The van der Waals surface area contributed by atoms with E-state index >= 15 is 0 Å². The number of nitrogens with two attached hydrogens (primary N) is 1. The van der Waals surface area contributed by atoms with Gasteiger partial charge < -0.3 is 14.9 Å². The normalized spacial score (nSPS) is 22.0. The van der Waals surface area contributed by atoms with Gasteiger partial charge in [0.1, 0.15) is 11.7 Å². The van der Waals surface area contributed by atoms with E-state index in [1.54, 1.807) is 30.3 Å². The van der Waals surface area contributed by atoms with E-state index in [1.165, 1.54) is 12.3 Å². The number of fused-ring (bicyclic) bond motifs is 1. The maximum absolute atomic E-state index is 13.3.